The van der Waals surface area contributed by atoms with E-state index in [1.54, 1.807) is 14.1 Å². The van der Waals surface area contributed by atoms with E-state index in [-0.39, 0.29) is 30.9 Å². The Morgan fingerprint density at radius 2 is 1.90 bits per heavy atom. The van der Waals surface area contributed by atoms with Crippen molar-refractivity contribution in [2.45, 2.75) is 13.0 Å². The van der Waals surface area contributed by atoms with Crippen LogP contribution in [0.3, 0.4) is 0 Å². The van der Waals surface area contributed by atoms with Gasteiger partial charge in [0.05, 0.1) is 13.1 Å². The molecule has 0 fully saturated rings. The lowest BCUT2D eigenvalue weighted by Crippen LogP contribution is -2.40. The predicted octanol–water partition coefficient (Wildman–Crippen LogP) is 1.20. The van der Waals surface area contributed by atoms with E-state index in [1.807, 2.05) is 31.2 Å². The molecule has 0 saturated carbocycles. The molecule has 2 amide bonds. The Hall–Kier alpha value is -1.59. The summed E-state index contributed by atoms with van der Waals surface area (Å²) in [7, 11) is 3.29. The van der Waals surface area contributed by atoms with E-state index in [9.17, 15) is 9.59 Å². The summed E-state index contributed by atoms with van der Waals surface area (Å²) in [6.45, 7) is 2.07. The van der Waals surface area contributed by atoms with Gasteiger partial charge in [-0.25, -0.2) is 0 Å². The quantitative estimate of drug-likeness (QED) is 0.829. The number of likely N-dealkylation sites (N-methyl/N-ethyl adjacent to an activating group) is 1. The molecule has 110 valence electrons. The number of hydrogen-bond donors (Lipinski definition) is 2. The van der Waals surface area contributed by atoms with Crippen LogP contribution in [0.1, 0.15) is 18.5 Å². The fourth-order valence-corrected chi connectivity index (χ4v) is 1.88. The Kier molecular flexibility index (Phi) is 6.48. The minimum Gasteiger partial charge on any atom is -0.347 e. The molecule has 0 spiro atoms. The van der Waals surface area contributed by atoms with Crippen LogP contribution >= 0.6 is 11.6 Å². The molecular weight excluding hydrogens is 278 g/mol. The predicted molar refractivity (Wildman–Crippen MR) is 79.6 cm³/mol. The van der Waals surface area contributed by atoms with Crippen molar-refractivity contribution >= 4 is 23.4 Å². The van der Waals surface area contributed by atoms with E-state index >= 15 is 0 Å². The highest BCUT2D eigenvalue weighted by Gasteiger charge is 2.11. The van der Waals surface area contributed by atoms with Gasteiger partial charge in [0.15, 0.2) is 0 Å². The van der Waals surface area contributed by atoms with Gasteiger partial charge in [0.1, 0.15) is 0 Å². The van der Waals surface area contributed by atoms with Crippen molar-refractivity contribution in [3.8, 4) is 0 Å². The highest BCUT2D eigenvalue weighted by atomic mass is 35.5. The van der Waals surface area contributed by atoms with Crippen LogP contribution in [-0.2, 0) is 9.59 Å². The molecule has 1 aromatic carbocycles. The van der Waals surface area contributed by atoms with E-state index in [2.05, 4.69) is 10.6 Å². The largest absolute Gasteiger partial charge is 0.347 e. The van der Waals surface area contributed by atoms with Crippen molar-refractivity contribution in [3.05, 3.63) is 34.9 Å². The van der Waals surface area contributed by atoms with Crippen molar-refractivity contribution in [2.75, 3.05) is 27.2 Å². The molecule has 0 aliphatic rings. The van der Waals surface area contributed by atoms with Crippen LogP contribution in [0.5, 0.6) is 0 Å². The average molecular weight is 298 g/mol. The standard InChI is InChI=1S/C14H20ClN3O2/c1-10(11-6-4-5-7-12(11)15)16-8-13(19)17-9-14(20)18(2)3/h4-7,10,16H,8-9H2,1-3H3,(H,17,19)/t10-/m1/s1. The molecule has 0 heterocycles. The van der Waals surface area contributed by atoms with Gasteiger partial charge in [0, 0.05) is 25.2 Å². The van der Waals surface area contributed by atoms with Crippen LogP contribution in [0.4, 0.5) is 0 Å². The lowest BCUT2D eigenvalue weighted by Gasteiger charge is -2.16. The molecule has 5 nitrogen and oxygen atoms in total. The summed E-state index contributed by atoms with van der Waals surface area (Å²) in [6, 6.07) is 7.44. The first-order valence-corrected chi connectivity index (χ1v) is 6.74. The zero-order valence-corrected chi connectivity index (χ0v) is 12.7. The Morgan fingerprint density at radius 3 is 2.50 bits per heavy atom. The maximum absolute atomic E-state index is 11.6. The van der Waals surface area contributed by atoms with Crippen LogP contribution in [0.15, 0.2) is 24.3 Å². The third-order valence-electron chi connectivity index (χ3n) is 2.88. The fraction of sp³-hybridized carbons (Fsp3) is 0.429. The molecule has 1 rings (SSSR count). The minimum atomic E-state index is -0.223. The second kappa shape index (κ2) is 7.87. The average Bonchev–Trinajstić information content (AvgIpc) is 2.42. The van der Waals surface area contributed by atoms with Crippen LogP contribution in [0, 0.1) is 0 Å². The third kappa shape index (κ3) is 5.19. The third-order valence-corrected chi connectivity index (χ3v) is 3.22. The zero-order valence-electron chi connectivity index (χ0n) is 11.9. The van der Waals surface area contributed by atoms with Crippen molar-refractivity contribution < 1.29 is 9.59 Å². The van der Waals surface area contributed by atoms with Gasteiger partial charge in [0.2, 0.25) is 11.8 Å². The SMILES string of the molecule is C[C@@H](NCC(=O)NCC(=O)N(C)C)c1ccccc1Cl. The molecule has 0 bridgehead atoms. The molecule has 20 heavy (non-hydrogen) atoms. The first kappa shape index (κ1) is 16.5. The molecule has 6 heteroatoms. The van der Waals surface area contributed by atoms with E-state index < -0.39 is 0 Å². The number of hydrogen-bond acceptors (Lipinski definition) is 3. The van der Waals surface area contributed by atoms with E-state index in [4.69, 9.17) is 11.6 Å². The van der Waals surface area contributed by atoms with E-state index in [0.717, 1.165) is 5.56 Å². The molecular formula is C14H20ClN3O2. The molecule has 1 aromatic rings. The van der Waals surface area contributed by atoms with Gasteiger partial charge >= 0.3 is 0 Å². The van der Waals surface area contributed by atoms with Gasteiger partial charge in [-0.3, -0.25) is 9.59 Å². The first-order chi connectivity index (χ1) is 9.41. The van der Waals surface area contributed by atoms with Crippen molar-refractivity contribution in [2.24, 2.45) is 0 Å². The fourth-order valence-electron chi connectivity index (χ4n) is 1.58. The highest BCUT2D eigenvalue weighted by Crippen LogP contribution is 2.21. The Bertz CT molecular complexity index is 477. The van der Waals surface area contributed by atoms with Crippen molar-refractivity contribution in [1.82, 2.24) is 15.5 Å². The smallest absolute Gasteiger partial charge is 0.241 e. The van der Waals surface area contributed by atoms with E-state index in [0.29, 0.717) is 5.02 Å². The van der Waals surface area contributed by atoms with E-state index in [1.165, 1.54) is 4.90 Å². The van der Waals surface area contributed by atoms with Gasteiger partial charge < -0.3 is 15.5 Å². The molecule has 0 saturated heterocycles. The van der Waals surface area contributed by atoms with Gasteiger partial charge in [-0.05, 0) is 18.6 Å². The summed E-state index contributed by atoms with van der Waals surface area (Å²) in [4.78, 5) is 24.4. The Labute approximate surface area is 124 Å². The monoisotopic (exact) mass is 297 g/mol. The van der Waals surface area contributed by atoms with Crippen LogP contribution in [0.2, 0.25) is 5.02 Å². The number of carbonyl (C=O) groups excluding carboxylic acids is 2. The highest BCUT2D eigenvalue weighted by molar-refractivity contribution is 6.31. The molecule has 1 atom stereocenters. The molecule has 0 aliphatic carbocycles. The molecule has 0 aliphatic heterocycles. The number of benzene rings is 1. The maximum Gasteiger partial charge on any atom is 0.241 e. The van der Waals surface area contributed by atoms with Crippen LogP contribution in [0.25, 0.3) is 0 Å². The number of carbonyl (C=O) groups is 2. The molecule has 0 radical (unpaired) electrons. The topological polar surface area (TPSA) is 61.4 Å². The van der Waals surface area contributed by atoms with Crippen molar-refractivity contribution in [3.63, 3.8) is 0 Å². The summed E-state index contributed by atoms with van der Waals surface area (Å²) < 4.78 is 0. The summed E-state index contributed by atoms with van der Waals surface area (Å²) in [6.07, 6.45) is 0. The summed E-state index contributed by atoms with van der Waals surface area (Å²) in [5.74, 6) is -0.364. The lowest BCUT2D eigenvalue weighted by molar-refractivity contribution is -0.130. The number of nitrogens with zero attached hydrogens (tertiary/aromatic N) is 1. The normalized spacial score (nSPS) is 11.8. The maximum atomic E-state index is 11.6. The van der Waals surface area contributed by atoms with Gasteiger partial charge in [-0.15, -0.1) is 0 Å². The van der Waals surface area contributed by atoms with Gasteiger partial charge in [0.25, 0.3) is 0 Å². The summed E-state index contributed by atoms with van der Waals surface area (Å²) >= 11 is 6.08. The number of halogens is 1. The number of amides is 2. The molecule has 0 unspecified atom stereocenters. The number of rotatable bonds is 6. The van der Waals surface area contributed by atoms with Crippen LogP contribution in [-0.4, -0.2) is 43.9 Å². The minimum absolute atomic E-state index is 0.00792. The van der Waals surface area contributed by atoms with Gasteiger partial charge in [-0.2, -0.15) is 0 Å². The number of nitrogens with one attached hydrogen (secondary N) is 2. The zero-order chi connectivity index (χ0) is 15.1. The first-order valence-electron chi connectivity index (χ1n) is 6.36. The van der Waals surface area contributed by atoms with Crippen molar-refractivity contribution in [1.29, 1.82) is 0 Å². The second-order valence-corrected chi connectivity index (χ2v) is 5.10. The molecule has 0 aromatic heterocycles. The van der Waals surface area contributed by atoms with Crippen LogP contribution < -0.4 is 10.6 Å². The summed E-state index contributed by atoms with van der Waals surface area (Å²) in [5, 5.41) is 6.29. The Morgan fingerprint density at radius 1 is 1.25 bits per heavy atom. The summed E-state index contributed by atoms with van der Waals surface area (Å²) in [5.41, 5.74) is 0.936. The van der Waals surface area contributed by atoms with Gasteiger partial charge in [-0.1, -0.05) is 29.8 Å². The Balaban J connectivity index is 2.38. The molecule has 2 N–H and O–H groups in total. The second-order valence-electron chi connectivity index (χ2n) is 4.69. The lowest BCUT2D eigenvalue weighted by atomic mass is 10.1.